The van der Waals surface area contributed by atoms with E-state index < -0.39 is 0 Å². The summed E-state index contributed by atoms with van der Waals surface area (Å²) in [7, 11) is 1.66. The van der Waals surface area contributed by atoms with Gasteiger partial charge in [-0.2, -0.15) is 0 Å². The number of hydrogen-bond donors (Lipinski definition) is 2. The molecular weight excluding hydrogens is 386 g/mol. The molecule has 2 N–H and O–H groups in total. The Balaban J connectivity index is 1.28. The zero-order valence-electron chi connectivity index (χ0n) is 16.9. The quantitative estimate of drug-likeness (QED) is 0.463. The van der Waals surface area contributed by atoms with Gasteiger partial charge in [0.05, 0.1) is 37.9 Å². The number of carbonyl (C=O) groups is 1. The fraction of sp³-hybridized carbons (Fsp3) is 0.571. The molecule has 0 radical (unpaired) electrons. The molecule has 5 rings (SSSR count). The summed E-state index contributed by atoms with van der Waals surface area (Å²) in [6.07, 6.45) is 4.31. The van der Waals surface area contributed by atoms with Gasteiger partial charge in [0.1, 0.15) is 6.04 Å². The standard InChI is InChI=1S/C21H29N5O2S/c1-28-10-8-22-21(27)20-14-25-9-7-16(20)11-18(25)13-26-12-17(23-24-26)15-29-19-5-3-2-4-6-19/h2-6,12,16,18,20H,7-11,13-15H2,1H3,(H,22,27)/p+1/t16-,18-,20+/m1/s1. The summed E-state index contributed by atoms with van der Waals surface area (Å²) < 4.78 is 7.03. The third-order valence-corrected chi connectivity index (χ3v) is 7.16. The van der Waals surface area contributed by atoms with Crippen LogP contribution in [-0.4, -0.2) is 60.3 Å². The monoisotopic (exact) mass is 416 g/mol. The summed E-state index contributed by atoms with van der Waals surface area (Å²) in [5.41, 5.74) is 1.01. The minimum atomic E-state index is 0.139. The van der Waals surface area contributed by atoms with Crippen LogP contribution in [0.4, 0.5) is 0 Å². The number of hydrogen-bond acceptors (Lipinski definition) is 5. The molecule has 1 aromatic heterocycles. The van der Waals surface area contributed by atoms with Crippen LogP contribution in [-0.2, 0) is 21.8 Å². The fourth-order valence-corrected chi connectivity index (χ4v) is 5.42. The molecule has 8 heteroatoms. The number of benzene rings is 1. The second kappa shape index (κ2) is 9.73. The molecule has 2 aromatic rings. The van der Waals surface area contributed by atoms with Crippen molar-refractivity contribution in [3.8, 4) is 0 Å². The van der Waals surface area contributed by atoms with Gasteiger partial charge < -0.3 is 15.0 Å². The molecule has 3 fully saturated rings. The minimum Gasteiger partial charge on any atom is -0.383 e. The van der Waals surface area contributed by atoms with Crippen molar-refractivity contribution in [2.75, 3.05) is 33.4 Å². The van der Waals surface area contributed by atoms with E-state index in [0.717, 1.165) is 43.9 Å². The number of rotatable bonds is 9. The number of nitrogens with one attached hydrogen (secondary N) is 2. The van der Waals surface area contributed by atoms with Crippen molar-refractivity contribution in [1.29, 1.82) is 0 Å². The molecule has 1 unspecified atom stereocenters. The smallest absolute Gasteiger partial charge is 0.229 e. The normalized spacial score (nSPS) is 25.8. The molecule has 156 valence electrons. The van der Waals surface area contributed by atoms with E-state index in [9.17, 15) is 4.79 Å². The predicted molar refractivity (Wildman–Crippen MR) is 112 cm³/mol. The number of aromatic nitrogens is 3. The van der Waals surface area contributed by atoms with Crippen LogP contribution in [0.15, 0.2) is 41.4 Å². The first-order valence-electron chi connectivity index (χ1n) is 10.4. The summed E-state index contributed by atoms with van der Waals surface area (Å²) in [5.74, 6) is 1.65. The molecular formula is C21H30N5O2S+. The molecule has 0 aliphatic carbocycles. The van der Waals surface area contributed by atoms with Crippen molar-refractivity contribution < 1.29 is 14.4 Å². The van der Waals surface area contributed by atoms with Gasteiger partial charge >= 0.3 is 0 Å². The average Bonchev–Trinajstić information content (AvgIpc) is 3.21. The number of quaternary nitrogens is 1. The Labute approximate surface area is 176 Å². The molecule has 7 nitrogen and oxygen atoms in total. The Morgan fingerprint density at radius 1 is 1.38 bits per heavy atom. The van der Waals surface area contributed by atoms with Crippen LogP contribution in [0.5, 0.6) is 0 Å². The molecule has 3 aliphatic rings. The van der Waals surface area contributed by atoms with Gasteiger partial charge in [-0.3, -0.25) is 4.79 Å². The van der Waals surface area contributed by atoms with Gasteiger partial charge in [-0.05, 0) is 18.1 Å². The summed E-state index contributed by atoms with van der Waals surface area (Å²) in [6, 6.07) is 10.9. The van der Waals surface area contributed by atoms with E-state index in [1.807, 2.05) is 10.7 Å². The second-order valence-electron chi connectivity index (χ2n) is 8.02. The summed E-state index contributed by atoms with van der Waals surface area (Å²) in [4.78, 5) is 15.3. The van der Waals surface area contributed by atoms with Gasteiger partial charge in [0.25, 0.3) is 0 Å². The maximum atomic E-state index is 12.5. The number of piperidine rings is 3. The van der Waals surface area contributed by atoms with E-state index in [0.29, 0.717) is 25.1 Å². The highest BCUT2D eigenvalue weighted by atomic mass is 32.2. The highest BCUT2D eigenvalue weighted by Crippen LogP contribution is 2.28. The largest absolute Gasteiger partial charge is 0.383 e. The molecule has 29 heavy (non-hydrogen) atoms. The predicted octanol–water partition coefficient (Wildman–Crippen LogP) is 0.626. The van der Waals surface area contributed by atoms with Gasteiger partial charge in [-0.15, -0.1) is 16.9 Å². The zero-order valence-corrected chi connectivity index (χ0v) is 17.7. The van der Waals surface area contributed by atoms with Gasteiger partial charge in [0.15, 0.2) is 0 Å². The molecule has 0 spiro atoms. The lowest BCUT2D eigenvalue weighted by molar-refractivity contribution is -0.945. The number of nitrogens with zero attached hydrogens (tertiary/aromatic N) is 3. The van der Waals surface area contributed by atoms with E-state index in [1.54, 1.807) is 18.9 Å². The maximum Gasteiger partial charge on any atom is 0.229 e. The zero-order chi connectivity index (χ0) is 20.1. The number of methoxy groups -OCH3 is 1. The molecule has 3 aliphatic heterocycles. The van der Waals surface area contributed by atoms with Gasteiger partial charge in [0.2, 0.25) is 5.91 Å². The first kappa shape index (κ1) is 20.4. The Bertz CT molecular complexity index is 799. The van der Waals surface area contributed by atoms with Crippen molar-refractivity contribution in [1.82, 2.24) is 20.3 Å². The summed E-state index contributed by atoms with van der Waals surface area (Å²) >= 11 is 1.78. The first-order valence-corrected chi connectivity index (χ1v) is 11.4. The van der Waals surface area contributed by atoms with Crippen molar-refractivity contribution >= 4 is 17.7 Å². The van der Waals surface area contributed by atoms with Crippen LogP contribution in [0.1, 0.15) is 18.5 Å². The number of fused-ring (bicyclic) bond motifs is 3. The molecule has 3 saturated heterocycles. The number of amides is 1. The van der Waals surface area contributed by atoms with Crippen LogP contribution in [0.25, 0.3) is 0 Å². The van der Waals surface area contributed by atoms with Crippen LogP contribution in [0, 0.1) is 11.8 Å². The SMILES string of the molecule is COCCNC(=O)[C@H]1C[NH+]2CC[C@@H]1C[C@@H]2Cn1cc(CSc2ccccc2)nn1. The molecule has 1 amide bonds. The van der Waals surface area contributed by atoms with E-state index in [1.165, 1.54) is 9.80 Å². The Kier molecular flexibility index (Phi) is 6.84. The average molecular weight is 417 g/mol. The molecule has 0 saturated carbocycles. The Morgan fingerprint density at radius 3 is 3.00 bits per heavy atom. The number of thioether (sulfide) groups is 1. The van der Waals surface area contributed by atoms with E-state index >= 15 is 0 Å². The summed E-state index contributed by atoms with van der Waals surface area (Å²) in [5, 5.41) is 11.7. The lowest BCUT2D eigenvalue weighted by atomic mass is 9.75. The molecule has 1 aromatic carbocycles. The minimum absolute atomic E-state index is 0.139. The van der Waals surface area contributed by atoms with Gasteiger partial charge in [0, 0.05) is 43.3 Å². The van der Waals surface area contributed by atoms with Crippen molar-refractivity contribution in [3.05, 3.63) is 42.2 Å². The van der Waals surface area contributed by atoms with Crippen LogP contribution in [0.2, 0.25) is 0 Å². The highest BCUT2D eigenvalue weighted by molar-refractivity contribution is 7.98. The Hall–Kier alpha value is -1.90. The number of ether oxygens (including phenoxy) is 1. The third-order valence-electron chi connectivity index (χ3n) is 6.12. The molecule has 2 bridgehead atoms. The van der Waals surface area contributed by atoms with Gasteiger partial charge in [-0.25, -0.2) is 4.68 Å². The van der Waals surface area contributed by atoms with Crippen LogP contribution in [0.3, 0.4) is 0 Å². The van der Waals surface area contributed by atoms with Crippen molar-refractivity contribution in [2.24, 2.45) is 11.8 Å². The van der Waals surface area contributed by atoms with Crippen molar-refractivity contribution in [3.63, 3.8) is 0 Å². The first-order chi connectivity index (χ1) is 14.2. The number of carbonyl (C=O) groups excluding carboxylic acids is 1. The van der Waals surface area contributed by atoms with Crippen LogP contribution >= 0.6 is 11.8 Å². The topological polar surface area (TPSA) is 73.5 Å². The molecule has 4 atom stereocenters. The summed E-state index contributed by atoms with van der Waals surface area (Å²) in [6.45, 7) is 4.13. The van der Waals surface area contributed by atoms with Crippen molar-refractivity contribution in [2.45, 2.75) is 36.1 Å². The Morgan fingerprint density at radius 2 is 2.24 bits per heavy atom. The third kappa shape index (κ3) is 5.18. The second-order valence-corrected chi connectivity index (χ2v) is 9.07. The lowest BCUT2D eigenvalue weighted by Gasteiger charge is -2.46. The fourth-order valence-electron chi connectivity index (χ4n) is 4.62. The highest BCUT2D eigenvalue weighted by Gasteiger charge is 2.46. The van der Waals surface area contributed by atoms with Crippen LogP contribution < -0.4 is 10.2 Å². The lowest BCUT2D eigenvalue weighted by Crippen LogP contribution is -3.20. The van der Waals surface area contributed by atoms with E-state index in [4.69, 9.17) is 4.74 Å². The van der Waals surface area contributed by atoms with E-state index in [-0.39, 0.29) is 11.8 Å². The maximum absolute atomic E-state index is 12.5. The van der Waals surface area contributed by atoms with Gasteiger partial charge in [-0.1, -0.05) is 23.4 Å². The van der Waals surface area contributed by atoms with E-state index in [2.05, 4.69) is 46.1 Å². The molecule has 4 heterocycles.